The molecule has 2 aromatic rings. The lowest BCUT2D eigenvalue weighted by Gasteiger charge is -2.59. The van der Waals surface area contributed by atoms with Gasteiger partial charge in [0.15, 0.2) is 0 Å². The Morgan fingerprint density at radius 3 is 2.43 bits per heavy atom. The largest absolute Gasteiger partial charge is 0.349 e. The summed E-state index contributed by atoms with van der Waals surface area (Å²) in [6, 6.07) is 1.63. The van der Waals surface area contributed by atoms with Gasteiger partial charge in [-0.1, -0.05) is 0 Å². The summed E-state index contributed by atoms with van der Waals surface area (Å²) in [4.78, 5) is 43.2. The first kappa shape index (κ1) is 17.6. The van der Waals surface area contributed by atoms with Gasteiger partial charge in [-0.2, -0.15) is 0 Å². The Morgan fingerprint density at radius 1 is 1.21 bits per heavy atom. The number of fused-ring (bicyclic) bond motifs is 1. The van der Waals surface area contributed by atoms with Gasteiger partial charge in [0.05, 0.1) is 10.9 Å². The Kier molecular flexibility index (Phi) is 3.80. The Morgan fingerprint density at radius 2 is 1.82 bits per heavy atom. The molecule has 1 amide bonds. The highest BCUT2D eigenvalue weighted by atomic mass is 16.2. The number of aryl methyl sites for hydroxylation is 1. The van der Waals surface area contributed by atoms with Crippen molar-refractivity contribution in [2.45, 2.75) is 51.5 Å². The summed E-state index contributed by atoms with van der Waals surface area (Å²) in [5.41, 5.74) is -0.185. The average Bonchev–Trinajstić information content (AvgIpc) is 2.64. The number of rotatable bonds is 3. The van der Waals surface area contributed by atoms with Crippen LogP contribution in [-0.4, -0.2) is 26.5 Å². The van der Waals surface area contributed by atoms with Gasteiger partial charge in [0.25, 0.3) is 11.5 Å². The molecule has 2 heterocycles. The van der Waals surface area contributed by atoms with Gasteiger partial charge in [-0.25, -0.2) is 9.78 Å². The molecule has 2 N–H and O–H groups in total. The number of carbonyl (C=O) groups is 1. The predicted molar refractivity (Wildman–Crippen MR) is 105 cm³/mol. The van der Waals surface area contributed by atoms with Gasteiger partial charge in [0, 0.05) is 19.3 Å². The van der Waals surface area contributed by atoms with Crippen LogP contribution in [0.4, 0.5) is 0 Å². The van der Waals surface area contributed by atoms with Crippen molar-refractivity contribution < 1.29 is 4.79 Å². The fraction of sp³-hybridized carbons (Fsp3) is 0.619. The molecule has 1 unspecified atom stereocenters. The van der Waals surface area contributed by atoms with E-state index in [9.17, 15) is 14.4 Å². The minimum Gasteiger partial charge on any atom is -0.349 e. The van der Waals surface area contributed by atoms with Crippen LogP contribution >= 0.6 is 0 Å². The summed E-state index contributed by atoms with van der Waals surface area (Å²) in [5.74, 6) is 2.28. The molecule has 28 heavy (non-hydrogen) atoms. The van der Waals surface area contributed by atoms with Crippen molar-refractivity contribution in [1.82, 2.24) is 19.9 Å². The Balaban J connectivity index is 1.41. The summed E-state index contributed by atoms with van der Waals surface area (Å²) < 4.78 is 1.27. The van der Waals surface area contributed by atoms with E-state index in [-0.39, 0.29) is 28.4 Å². The predicted octanol–water partition coefficient (Wildman–Crippen LogP) is 1.96. The van der Waals surface area contributed by atoms with Crippen molar-refractivity contribution in [1.29, 1.82) is 0 Å². The molecule has 4 saturated carbocycles. The van der Waals surface area contributed by atoms with Crippen LogP contribution in [0.15, 0.2) is 21.9 Å². The number of aromatic amines is 1. The molecule has 0 radical (unpaired) electrons. The summed E-state index contributed by atoms with van der Waals surface area (Å²) >= 11 is 0. The molecule has 4 aliphatic carbocycles. The molecule has 6 rings (SSSR count). The van der Waals surface area contributed by atoms with Gasteiger partial charge in [-0.3, -0.25) is 19.1 Å². The van der Waals surface area contributed by atoms with Crippen molar-refractivity contribution in [3.05, 3.63) is 38.7 Å². The number of pyridine rings is 1. The van der Waals surface area contributed by atoms with Gasteiger partial charge >= 0.3 is 5.69 Å². The number of carbonyl (C=O) groups excluding carboxylic acids is 1. The second-order valence-electron chi connectivity index (χ2n) is 9.39. The summed E-state index contributed by atoms with van der Waals surface area (Å²) in [6.07, 6.45) is 9.22. The number of hydrogen-bond donors (Lipinski definition) is 2. The van der Waals surface area contributed by atoms with E-state index in [2.05, 4.69) is 22.2 Å². The van der Waals surface area contributed by atoms with Gasteiger partial charge in [-0.15, -0.1) is 0 Å². The van der Waals surface area contributed by atoms with Crippen LogP contribution in [0.25, 0.3) is 11.0 Å². The molecule has 4 bridgehead atoms. The van der Waals surface area contributed by atoms with Crippen LogP contribution in [0.5, 0.6) is 0 Å². The third-order valence-electron chi connectivity index (χ3n) is 7.57. The molecule has 7 nitrogen and oxygen atoms in total. The van der Waals surface area contributed by atoms with E-state index in [1.165, 1.54) is 55.4 Å². The molecule has 7 heteroatoms. The van der Waals surface area contributed by atoms with Crippen molar-refractivity contribution in [2.75, 3.05) is 0 Å². The third kappa shape index (κ3) is 2.63. The van der Waals surface area contributed by atoms with Gasteiger partial charge < -0.3 is 5.32 Å². The number of nitrogens with zero attached hydrogens (tertiary/aromatic N) is 2. The second kappa shape index (κ2) is 6.03. The smallest absolute Gasteiger partial charge is 0.329 e. The van der Waals surface area contributed by atoms with E-state index in [4.69, 9.17) is 0 Å². The maximum Gasteiger partial charge on any atom is 0.329 e. The van der Waals surface area contributed by atoms with Crippen molar-refractivity contribution in [2.24, 2.45) is 30.2 Å². The molecule has 0 aromatic carbocycles. The SMILES string of the molecule is CC(NC(=O)c1cnc2c(c1)c(=O)[nH]c(=O)n2C)C12CC3CC(CC(C3)C1)C2. The molecular formula is C21H26N4O3. The third-order valence-corrected chi connectivity index (χ3v) is 7.57. The minimum absolute atomic E-state index is 0.0995. The first-order valence-corrected chi connectivity index (χ1v) is 10.2. The highest BCUT2D eigenvalue weighted by molar-refractivity contribution is 5.96. The van der Waals surface area contributed by atoms with Crippen LogP contribution in [0, 0.1) is 23.2 Å². The first-order valence-electron chi connectivity index (χ1n) is 10.2. The van der Waals surface area contributed by atoms with Crippen LogP contribution in [0.3, 0.4) is 0 Å². The van der Waals surface area contributed by atoms with E-state index in [0.717, 1.165) is 17.8 Å². The van der Waals surface area contributed by atoms with E-state index >= 15 is 0 Å². The molecule has 4 fully saturated rings. The van der Waals surface area contributed by atoms with Crippen molar-refractivity contribution >= 4 is 16.9 Å². The topological polar surface area (TPSA) is 96.8 Å². The lowest BCUT2D eigenvalue weighted by atomic mass is 9.48. The lowest BCUT2D eigenvalue weighted by molar-refractivity contribution is -0.0688. The maximum atomic E-state index is 12.9. The zero-order valence-corrected chi connectivity index (χ0v) is 16.3. The van der Waals surface area contributed by atoms with E-state index < -0.39 is 11.2 Å². The maximum absolute atomic E-state index is 12.9. The van der Waals surface area contributed by atoms with Gasteiger partial charge in [-0.05, 0) is 74.7 Å². The van der Waals surface area contributed by atoms with E-state index in [1.54, 1.807) is 7.05 Å². The molecule has 148 valence electrons. The number of nitrogens with one attached hydrogen (secondary N) is 2. The van der Waals surface area contributed by atoms with Crippen LogP contribution in [0.1, 0.15) is 55.8 Å². The summed E-state index contributed by atoms with van der Waals surface area (Å²) in [6.45, 7) is 2.13. The zero-order valence-electron chi connectivity index (χ0n) is 16.3. The minimum atomic E-state index is -0.519. The van der Waals surface area contributed by atoms with Crippen molar-refractivity contribution in [3.8, 4) is 0 Å². The molecule has 4 aliphatic rings. The molecule has 1 atom stereocenters. The standard InChI is InChI=1S/C21H26N4O3/c1-11(21-7-12-3-13(8-21)5-14(4-12)9-21)23-18(26)15-6-16-17(22-10-15)25(2)20(28)24-19(16)27/h6,10-14H,3-5,7-9H2,1-2H3,(H,23,26)(H,24,27,28). The van der Waals surface area contributed by atoms with Crippen LogP contribution < -0.4 is 16.6 Å². The van der Waals surface area contributed by atoms with E-state index in [0.29, 0.717) is 5.56 Å². The second-order valence-corrected chi connectivity index (χ2v) is 9.39. The fourth-order valence-electron chi connectivity index (χ4n) is 6.50. The van der Waals surface area contributed by atoms with Gasteiger partial charge in [0.1, 0.15) is 5.65 Å². The summed E-state index contributed by atoms with van der Waals surface area (Å²) in [5, 5.41) is 3.45. The molecule has 0 spiro atoms. The Bertz CT molecular complexity index is 1050. The average molecular weight is 382 g/mol. The molecular weight excluding hydrogens is 356 g/mol. The quantitative estimate of drug-likeness (QED) is 0.848. The molecule has 0 saturated heterocycles. The van der Waals surface area contributed by atoms with Crippen LogP contribution in [-0.2, 0) is 7.05 Å². The highest BCUT2D eigenvalue weighted by Crippen LogP contribution is 2.61. The van der Waals surface area contributed by atoms with Crippen molar-refractivity contribution in [3.63, 3.8) is 0 Å². The van der Waals surface area contributed by atoms with E-state index in [1.807, 2.05) is 0 Å². The molecule has 2 aromatic heterocycles. The Labute approximate surface area is 162 Å². The highest BCUT2D eigenvalue weighted by Gasteiger charge is 2.53. The molecule has 0 aliphatic heterocycles. The number of hydrogen-bond acceptors (Lipinski definition) is 4. The van der Waals surface area contributed by atoms with Gasteiger partial charge in [0.2, 0.25) is 0 Å². The van der Waals surface area contributed by atoms with Crippen LogP contribution in [0.2, 0.25) is 0 Å². The first-order chi connectivity index (χ1) is 13.3. The number of H-pyrrole nitrogens is 1. The number of amides is 1. The normalized spacial score (nSPS) is 31.9. The fourth-order valence-corrected chi connectivity index (χ4v) is 6.50. The Hall–Kier alpha value is -2.44. The zero-order chi connectivity index (χ0) is 19.6. The monoisotopic (exact) mass is 382 g/mol. The number of aromatic nitrogens is 3. The lowest BCUT2D eigenvalue weighted by Crippen LogP contribution is -2.55. The summed E-state index contributed by atoms with van der Waals surface area (Å²) in [7, 11) is 1.54.